The van der Waals surface area contributed by atoms with Gasteiger partial charge in [-0.05, 0) is 60.0 Å². The fourth-order valence-electron chi connectivity index (χ4n) is 4.36. The standard InChI is InChI=1S/C30H30F4N4O3/c1-41-17-16-38(29(40)36-25-12-8-23(9-13-25)30(32,33)34)20-28(39)37(19-21-6-10-24(31)11-7-21)15-14-22-18-35-27-5-3-2-4-26(22)27/h2-13,18,35H,14-17,19-20H2,1H3,(H,36,40). The van der Waals surface area contributed by atoms with Gasteiger partial charge in [0.2, 0.25) is 5.91 Å². The molecule has 1 aromatic heterocycles. The number of carbonyl (C=O) groups is 2. The SMILES string of the molecule is COCCN(CC(=O)N(CCc1c[nH]c2ccccc12)Cc1ccc(F)cc1)C(=O)Nc1ccc(C(F)(F)F)cc1. The highest BCUT2D eigenvalue weighted by Crippen LogP contribution is 2.30. The van der Waals surface area contributed by atoms with Gasteiger partial charge in [0.25, 0.3) is 0 Å². The number of alkyl halides is 3. The van der Waals surface area contributed by atoms with E-state index in [0.29, 0.717) is 13.0 Å². The van der Waals surface area contributed by atoms with Crippen molar-refractivity contribution in [3.8, 4) is 0 Å². The minimum atomic E-state index is -4.50. The van der Waals surface area contributed by atoms with Gasteiger partial charge in [0.15, 0.2) is 0 Å². The van der Waals surface area contributed by atoms with Crippen LogP contribution in [0.4, 0.5) is 28.0 Å². The van der Waals surface area contributed by atoms with E-state index in [1.54, 1.807) is 17.0 Å². The van der Waals surface area contributed by atoms with E-state index in [-0.39, 0.29) is 37.8 Å². The van der Waals surface area contributed by atoms with E-state index in [1.165, 1.54) is 24.1 Å². The highest BCUT2D eigenvalue weighted by Gasteiger charge is 2.30. The second kappa shape index (κ2) is 13.3. The summed E-state index contributed by atoms with van der Waals surface area (Å²) in [7, 11) is 1.45. The van der Waals surface area contributed by atoms with Crippen molar-refractivity contribution in [2.45, 2.75) is 19.1 Å². The number of urea groups is 1. The van der Waals surface area contributed by atoms with Crippen LogP contribution in [0.5, 0.6) is 0 Å². The number of anilines is 1. The number of aromatic amines is 1. The number of ether oxygens (including phenoxy) is 1. The molecule has 0 aliphatic carbocycles. The van der Waals surface area contributed by atoms with Crippen molar-refractivity contribution in [1.82, 2.24) is 14.8 Å². The minimum absolute atomic E-state index is 0.0710. The lowest BCUT2D eigenvalue weighted by Crippen LogP contribution is -2.46. The van der Waals surface area contributed by atoms with Crippen LogP contribution in [0.1, 0.15) is 16.7 Å². The van der Waals surface area contributed by atoms with Crippen LogP contribution in [0.25, 0.3) is 10.9 Å². The number of fused-ring (bicyclic) bond motifs is 1. The minimum Gasteiger partial charge on any atom is -0.383 e. The first-order valence-electron chi connectivity index (χ1n) is 12.9. The normalized spacial score (nSPS) is 11.4. The number of hydrogen-bond acceptors (Lipinski definition) is 3. The Balaban J connectivity index is 1.49. The van der Waals surface area contributed by atoms with Gasteiger partial charge in [-0.1, -0.05) is 30.3 Å². The lowest BCUT2D eigenvalue weighted by molar-refractivity contribution is -0.137. The molecule has 7 nitrogen and oxygen atoms in total. The summed E-state index contributed by atoms with van der Waals surface area (Å²) in [6.45, 7) is 0.435. The number of nitrogens with zero attached hydrogens (tertiary/aromatic N) is 2. The number of benzene rings is 3. The van der Waals surface area contributed by atoms with Crippen molar-refractivity contribution >= 4 is 28.5 Å². The fraction of sp³-hybridized carbons (Fsp3) is 0.267. The molecule has 0 aliphatic rings. The zero-order valence-electron chi connectivity index (χ0n) is 22.4. The van der Waals surface area contributed by atoms with E-state index in [9.17, 15) is 27.2 Å². The smallest absolute Gasteiger partial charge is 0.383 e. The Morgan fingerprint density at radius 2 is 1.63 bits per heavy atom. The Kier molecular flexibility index (Phi) is 9.61. The number of nitrogens with one attached hydrogen (secondary N) is 2. The molecule has 0 radical (unpaired) electrons. The Morgan fingerprint density at radius 3 is 2.32 bits per heavy atom. The van der Waals surface area contributed by atoms with Crippen LogP contribution in [0, 0.1) is 5.82 Å². The van der Waals surface area contributed by atoms with Gasteiger partial charge in [-0.2, -0.15) is 13.2 Å². The van der Waals surface area contributed by atoms with Crippen LogP contribution in [0.2, 0.25) is 0 Å². The predicted octanol–water partition coefficient (Wildman–Crippen LogP) is 6.08. The average Bonchev–Trinajstić information content (AvgIpc) is 3.37. The van der Waals surface area contributed by atoms with Crippen molar-refractivity contribution in [2.24, 2.45) is 0 Å². The van der Waals surface area contributed by atoms with Crippen molar-refractivity contribution in [2.75, 3.05) is 38.7 Å². The van der Waals surface area contributed by atoms with Crippen LogP contribution in [-0.2, 0) is 28.7 Å². The number of amides is 3. The maximum Gasteiger partial charge on any atom is 0.416 e. The lowest BCUT2D eigenvalue weighted by Gasteiger charge is -2.28. The number of carbonyl (C=O) groups excluding carboxylic acids is 2. The molecule has 11 heteroatoms. The number of halogens is 4. The molecule has 0 fully saturated rings. The number of hydrogen-bond donors (Lipinski definition) is 2. The summed E-state index contributed by atoms with van der Waals surface area (Å²) < 4.78 is 57.3. The summed E-state index contributed by atoms with van der Waals surface area (Å²) in [5, 5.41) is 3.59. The predicted molar refractivity (Wildman–Crippen MR) is 148 cm³/mol. The van der Waals surface area contributed by atoms with Crippen LogP contribution in [-0.4, -0.2) is 60.1 Å². The molecular weight excluding hydrogens is 540 g/mol. The number of rotatable bonds is 11. The molecule has 1 heterocycles. The first kappa shape index (κ1) is 29.6. The van der Waals surface area contributed by atoms with Crippen LogP contribution >= 0.6 is 0 Å². The van der Waals surface area contributed by atoms with Crippen LogP contribution in [0.3, 0.4) is 0 Å². The van der Waals surface area contributed by atoms with Crippen LogP contribution < -0.4 is 5.32 Å². The molecule has 0 bridgehead atoms. The Morgan fingerprint density at radius 1 is 0.927 bits per heavy atom. The van der Waals surface area contributed by atoms with E-state index in [4.69, 9.17) is 4.74 Å². The molecule has 2 N–H and O–H groups in total. The third-order valence-electron chi connectivity index (χ3n) is 6.61. The third-order valence-corrected chi connectivity index (χ3v) is 6.61. The second-order valence-electron chi connectivity index (χ2n) is 9.47. The molecule has 0 saturated heterocycles. The molecule has 4 rings (SSSR count). The van der Waals surface area contributed by atoms with E-state index in [0.717, 1.165) is 46.3 Å². The van der Waals surface area contributed by atoms with E-state index in [2.05, 4.69) is 10.3 Å². The van der Waals surface area contributed by atoms with Gasteiger partial charge >= 0.3 is 12.2 Å². The molecule has 0 spiro atoms. The third kappa shape index (κ3) is 8.07. The van der Waals surface area contributed by atoms with Gasteiger partial charge in [0.05, 0.1) is 12.2 Å². The van der Waals surface area contributed by atoms with Gasteiger partial charge in [-0.15, -0.1) is 0 Å². The van der Waals surface area contributed by atoms with Crippen molar-refractivity contribution in [3.05, 3.63) is 102 Å². The van der Waals surface area contributed by atoms with E-state index >= 15 is 0 Å². The highest BCUT2D eigenvalue weighted by molar-refractivity contribution is 5.92. The summed E-state index contributed by atoms with van der Waals surface area (Å²) >= 11 is 0. The fourth-order valence-corrected chi connectivity index (χ4v) is 4.36. The van der Waals surface area contributed by atoms with Gasteiger partial charge in [0, 0.05) is 49.5 Å². The molecule has 4 aromatic rings. The summed E-state index contributed by atoms with van der Waals surface area (Å²) in [5.74, 6) is -0.746. The number of para-hydroxylation sites is 1. The summed E-state index contributed by atoms with van der Waals surface area (Å²) in [5.41, 5.74) is 2.03. The largest absolute Gasteiger partial charge is 0.416 e. The molecule has 216 valence electrons. The maximum atomic E-state index is 13.6. The van der Waals surface area contributed by atoms with Gasteiger partial charge < -0.3 is 24.8 Å². The first-order valence-corrected chi connectivity index (χ1v) is 12.9. The van der Waals surface area contributed by atoms with E-state index < -0.39 is 23.6 Å². The molecule has 0 aliphatic heterocycles. The molecule has 0 atom stereocenters. The molecule has 0 unspecified atom stereocenters. The first-order chi connectivity index (χ1) is 19.6. The Hall–Kier alpha value is -4.38. The summed E-state index contributed by atoms with van der Waals surface area (Å²) in [6.07, 6.45) is -2.07. The number of aromatic nitrogens is 1. The van der Waals surface area contributed by atoms with E-state index in [1.807, 2.05) is 30.5 Å². The maximum absolute atomic E-state index is 13.6. The Labute approximate surface area is 234 Å². The average molecular weight is 571 g/mol. The molecule has 41 heavy (non-hydrogen) atoms. The lowest BCUT2D eigenvalue weighted by atomic mass is 10.1. The number of methoxy groups -OCH3 is 1. The monoisotopic (exact) mass is 570 g/mol. The summed E-state index contributed by atoms with van der Waals surface area (Å²) in [6, 6.07) is 17.0. The topological polar surface area (TPSA) is 77.7 Å². The van der Waals surface area contributed by atoms with Crippen molar-refractivity contribution in [1.29, 1.82) is 0 Å². The summed E-state index contributed by atoms with van der Waals surface area (Å²) in [4.78, 5) is 32.7. The molecule has 0 saturated carbocycles. The van der Waals surface area contributed by atoms with Gasteiger partial charge in [-0.25, -0.2) is 9.18 Å². The van der Waals surface area contributed by atoms with Crippen LogP contribution in [0.15, 0.2) is 79.0 Å². The van der Waals surface area contributed by atoms with Crippen molar-refractivity contribution < 1.29 is 31.9 Å². The molecule has 3 amide bonds. The highest BCUT2D eigenvalue weighted by atomic mass is 19.4. The Bertz CT molecular complexity index is 1450. The zero-order valence-corrected chi connectivity index (χ0v) is 22.4. The quantitative estimate of drug-likeness (QED) is 0.215. The zero-order chi connectivity index (χ0) is 29.4. The molecule has 3 aromatic carbocycles. The van der Waals surface area contributed by atoms with Gasteiger partial charge in [-0.3, -0.25) is 4.79 Å². The second-order valence-corrected chi connectivity index (χ2v) is 9.47. The number of H-pyrrole nitrogens is 1. The van der Waals surface area contributed by atoms with Gasteiger partial charge in [0.1, 0.15) is 12.4 Å². The molecular formula is C30H30F4N4O3. The van der Waals surface area contributed by atoms with Crippen molar-refractivity contribution in [3.63, 3.8) is 0 Å².